The Morgan fingerprint density at radius 3 is 2.25 bits per heavy atom. The first-order valence-electron chi connectivity index (χ1n) is 4.97. The van der Waals surface area contributed by atoms with Crippen molar-refractivity contribution in [3.63, 3.8) is 0 Å². The molecule has 1 heteroatoms. The van der Waals surface area contributed by atoms with Gasteiger partial charge in [-0.25, -0.2) is 0 Å². The summed E-state index contributed by atoms with van der Waals surface area (Å²) in [6, 6.07) is 0. The number of rotatable bonds is 0. The number of likely N-dealkylation sites (tertiary alicyclic amines) is 1. The second kappa shape index (κ2) is 9.05. The zero-order valence-corrected chi connectivity index (χ0v) is 8.56. The molecule has 0 amide bonds. The Balaban J connectivity index is 0. The molecule has 0 N–H and O–H groups in total. The Morgan fingerprint density at radius 2 is 1.67 bits per heavy atom. The summed E-state index contributed by atoms with van der Waals surface area (Å²) in [5.74, 6) is 0.968. The number of hydrogen-bond acceptors (Lipinski definition) is 1. The van der Waals surface area contributed by atoms with Crippen LogP contribution in [0.3, 0.4) is 0 Å². The summed E-state index contributed by atoms with van der Waals surface area (Å²) in [6.45, 7) is 8.98. The van der Waals surface area contributed by atoms with E-state index in [1.165, 1.54) is 32.4 Å². The maximum Gasteiger partial charge on any atom is -0.00192 e. The molecule has 1 nitrogen and oxygen atoms in total. The predicted octanol–water partition coefficient (Wildman–Crippen LogP) is 3.40. The minimum absolute atomic E-state index is 0. The van der Waals surface area contributed by atoms with E-state index in [-0.39, 0.29) is 7.43 Å². The molecule has 0 bridgehead atoms. The molecular formula is C11H27N. The lowest BCUT2D eigenvalue weighted by molar-refractivity contribution is 0.344. The van der Waals surface area contributed by atoms with E-state index in [1.807, 2.05) is 13.8 Å². The lowest BCUT2D eigenvalue weighted by atomic mass is 10.0. The standard InChI is InChI=1S/C8H17N.C2H6.CH4/c1-8-4-3-6-9(2)7-5-8;1-2;/h8H,3-7H2,1-2H3;1-2H3;1H4. The van der Waals surface area contributed by atoms with Crippen molar-refractivity contribution in [2.24, 2.45) is 5.92 Å². The molecule has 1 heterocycles. The van der Waals surface area contributed by atoms with E-state index < -0.39 is 0 Å². The SMILES string of the molecule is C.CC.CC1CCCN(C)CC1. The Labute approximate surface area is 79.2 Å². The van der Waals surface area contributed by atoms with E-state index in [1.54, 1.807) is 0 Å². The summed E-state index contributed by atoms with van der Waals surface area (Å²) in [5.41, 5.74) is 0. The molecule has 1 aliphatic rings. The second-order valence-corrected chi connectivity index (χ2v) is 3.34. The molecule has 0 aromatic heterocycles. The third kappa shape index (κ3) is 6.66. The Bertz CT molecular complexity index is 71.1. The second-order valence-electron chi connectivity index (χ2n) is 3.34. The van der Waals surface area contributed by atoms with Crippen LogP contribution in [-0.4, -0.2) is 25.0 Å². The molecule has 1 atom stereocenters. The van der Waals surface area contributed by atoms with E-state index in [9.17, 15) is 0 Å². The van der Waals surface area contributed by atoms with Crippen molar-refractivity contribution in [3.8, 4) is 0 Å². The molecule has 0 spiro atoms. The molecule has 12 heavy (non-hydrogen) atoms. The fraction of sp³-hybridized carbons (Fsp3) is 1.00. The maximum atomic E-state index is 2.43. The first kappa shape index (κ1) is 14.5. The Morgan fingerprint density at radius 1 is 1.08 bits per heavy atom. The lowest BCUT2D eigenvalue weighted by Crippen LogP contribution is -2.18. The lowest BCUT2D eigenvalue weighted by Gasteiger charge is -2.11. The molecule has 0 aromatic rings. The van der Waals surface area contributed by atoms with E-state index in [0.717, 1.165) is 5.92 Å². The van der Waals surface area contributed by atoms with Crippen LogP contribution in [0.5, 0.6) is 0 Å². The highest BCUT2D eigenvalue weighted by Gasteiger charge is 2.09. The van der Waals surface area contributed by atoms with Gasteiger partial charge in [0.25, 0.3) is 0 Å². The Hall–Kier alpha value is -0.0400. The van der Waals surface area contributed by atoms with Crippen LogP contribution in [0.25, 0.3) is 0 Å². The van der Waals surface area contributed by atoms with Gasteiger partial charge >= 0.3 is 0 Å². The topological polar surface area (TPSA) is 3.24 Å². The summed E-state index contributed by atoms with van der Waals surface area (Å²) >= 11 is 0. The molecule has 1 aliphatic heterocycles. The van der Waals surface area contributed by atoms with Gasteiger partial charge in [-0.3, -0.25) is 0 Å². The van der Waals surface area contributed by atoms with Crippen LogP contribution in [-0.2, 0) is 0 Å². The van der Waals surface area contributed by atoms with Gasteiger partial charge in [0.1, 0.15) is 0 Å². The molecule has 1 saturated heterocycles. The van der Waals surface area contributed by atoms with Crippen LogP contribution in [0.1, 0.15) is 47.5 Å². The normalized spacial score (nSPS) is 24.5. The van der Waals surface area contributed by atoms with Crippen LogP contribution < -0.4 is 0 Å². The highest BCUT2D eigenvalue weighted by atomic mass is 15.1. The van der Waals surface area contributed by atoms with E-state index in [2.05, 4.69) is 18.9 Å². The first-order chi connectivity index (χ1) is 5.29. The van der Waals surface area contributed by atoms with Crippen molar-refractivity contribution < 1.29 is 0 Å². The van der Waals surface area contributed by atoms with Crippen molar-refractivity contribution in [3.05, 3.63) is 0 Å². The van der Waals surface area contributed by atoms with Gasteiger partial charge in [-0.15, -0.1) is 0 Å². The third-order valence-corrected chi connectivity index (χ3v) is 2.24. The van der Waals surface area contributed by atoms with Gasteiger partial charge in [0.15, 0.2) is 0 Å². The molecular weight excluding hydrogens is 146 g/mol. The molecule has 0 saturated carbocycles. The van der Waals surface area contributed by atoms with E-state index >= 15 is 0 Å². The maximum absolute atomic E-state index is 2.43. The van der Waals surface area contributed by atoms with Gasteiger partial charge in [-0.2, -0.15) is 0 Å². The van der Waals surface area contributed by atoms with E-state index in [4.69, 9.17) is 0 Å². The third-order valence-electron chi connectivity index (χ3n) is 2.24. The molecule has 0 aromatic carbocycles. The van der Waals surface area contributed by atoms with Crippen LogP contribution in [0.2, 0.25) is 0 Å². The zero-order chi connectivity index (χ0) is 8.69. The monoisotopic (exact) mass is 173 g/mol. The van der Waals surface area contributed by atoms with Gasteiger partial charge in [0, 0.05) is 0 Å². The fourth-order valence-corrected chi connectivity index (χ4v) is 1.41. The molecule has 0 aliphatic carbocycles. The van der Waals surface area contributed by atoms with Crippen LogP contribution in [0.4, 0.5) is 0 Å². The van der Waals surface area contributed by atoms with Crippen LogP contribution in [0, 0.1) is 5.92 Å². The van der Waals surface area contributed by atoms with Crippen molar-refractivity contribution in [1.29, 1.82) is 0 Å². The summed E-state index contributed by atoms with van der Waals surface area (Å²) in [4.78, 5) is 2.43. The summed E-state index contributed by atoms with van der Waals surface area (Å²) in [6.07, 6.45) is 4.23. The molecule has 0 radical (unpaired) electrons. The summed E-state index contributed by atoms with van der Waals surface area (Å²) in [5, 5.41) is 0. The highest BCUT2D eigenvalue weighted by Crippen LogP contribution is 2.14. The van der Waals surface area contributed by atoms with Gasteiger partial charge < -0.3 is 4.90 Å². The predicted molar refractivity (Wildman–Crippen MR) is 58.6 cm³/mol. The smallest absolute Gasteiger partial charge is 0.00192 e. The molecule has 1 rings (SSSR count). The molecule has 1 fully saturated rings. The average Bonchev–Trinajstić information content (AvgIpc) is 2.20. The number of hydrogen-bond donors (Lipinski definition) is 0. The minimum atomic E-state index is 0. The zero-order valence-electron chi connectivity index (χ0n) is 8.56. The van der Waals surface area contributed by atoms with E-state index in [0.29, 0.717) is 0 Å². The van der Waals surface area contributed by atoms with Crippen LogP contribution >= 0.6 is 0 Å². The van der Waals surface area contributed by atoms with Gasteiger partial charge in [0.05, 0.1) is 0 Å². The van der Waals surface area contributed by atoms with Crippen molar-refractivity contribution in [2.75, 3.05) is 20.1 Å². The van der Waals surface area contributed by atoms with Crippen LogP contribution in [0.15, 0.2) is 0 Å². The van der Waals surface area contributed by atoms with Gasteiger partial charge in [-0.05, 0) is 45.3 Å². The van der Waals surface area contributed by atoms with Gasteiger partial charge in [0.2, 0.25) is 0 Å². The van der Waals surface area contributed by atoms with Crippen molar-refractivity contribution >= 4 is 0 Å². The van der Waals surface area contributed by atoms with Crippen molar-refractivity contribution in [1.82, 2.24) is 4.90 Å². The quantitative estimate of drug-likeness (QED) is 0.542. The Kier molecular flexibility index (Phi) is 10.9. The number of nitrogens with zero attached hydrogens (tertiary/aromatic N) is 1. The average molecular weight is 173 g/mol. The first-order valence-corrected chi connectivity index (χ1v) is 4.97. The molecule has 1 unspecified atom stereocenters. The van der Waals surface area contributed by atoms with Crippen molar-refractivity contribution in [2.45, 2.75) is 47.5 Å². The molecule has 76 valence electrons. The largest absolute Gasteiger partial charge is 0.306 e. The summed E-state index contributed by atoms with van der Waals surface area (Å²) < 4.78 is 0. The summed E-state index contributed by atoms with van der Waals surface area (Å²) in [7, 11) is 2.22. The minimum Gasteiger partial charge on any atom is -0.306 e. The fourth-order valence-electron chi connectivity index (χ4n) is 1.41. The highest BCUT2D eigenvalue weighted by molar-refractivity contribution is 4.63. The van der Waals surface area contributed by atoms with Gasteiger partial charge in [-0.1, -0.05) is 28.2 Å².